The zero-order valence-corrected chi connectivity index (χ0v) is 10.5. The van der Waals surface area contributed by atoms with Crippen LogP contribution >= 0.6 is 0 Å². The minimum atomic E-state index is 0.433. The van der Waals surface area contributed by atoms with Crippen molar-refractivity contribution in [3.05, 3.63) is 0 Å². The lowest BCUT2D eigenvalue weighted by atomic mass is 9.89. The van der Waals surface area contributed by atoms with Crippen LogP contribution in [-0.2, 0) is 4.74 Å². The third-order valence-corrected chi connectivity index (χ3v) is 4.35. The number of hydrogen-bond donors (Lipinski definition) is 1. The van der Waals surface area contributed by atoms with Crippen molar-refractivity contribution in [2.45, 2.75) is 76.4 Å². The summed E-state index contributed by atoms with van der Waals surface area (Å²) in [7, 11) is 0. The van der Waals surface area contributed by atoms with Crippen LogP contribution in [0.3, 0.4) is 0 Å². The molecule has 1 aliphatic heterocycles. The van der Waals surface area contributed by atoms with Gasteiger partial charge in [0.25, 0.3) is 0 Å². The van der Waals surface area contributed by atoms with E-state index >= 15 is 0 Å². The molecule has 16 heavy (non-hydrogen) atoms. The molecule has 0 amide bonds. The van der Waals surface area contributed by atoms with Crippen LogP contribution < -0.4 is 5.73 Å². The first kappa shape index (κ1) is 12.4. The number of rotatable bonds is 4. The van der Waals surface area contributed by atoms with Gasteiger partial charge in [-0.05, 0) is 44.4 Å². The summed E-state index contributed by atoms with van der Waals surface area (Å²) in [6.45, 7) is 0.976. The van der Waals surface area contributed by atoms with E-state index in [1.807, 2.05) is 0 Å². The normalized spacial score (nSPS) is 30.2. The van der Waals surface area contributed by atoms with E-state index in [2.05, 4.69) is 0 Å². The molecule has 0 spiro atoms. The maximum atomic E-state index is 6.34. The molecule has 2 rings (SSSR count). The van der Waals surface area contributed by atoms with Crippen molar-refractivity contribution in [2.24, 2.45) is 11.7 Å². The molecule has 0 aromatic carbocycles. The maximum Gasteiger partial charge on any atom is 0.0576 e. The predicted molar refractivity (Wildman–Crippen MR) is 67.4 cm³/mol. The summed E-state index contributed by atoms with van der Waals surface area (Å²) in [5, 5.41) is 0. The van der Waals surface area contributed by atoms with E-state index in [9.17, 15) is 0 Å². The Morgan fingerprint density at radius 1 is 1.00 bits per heavy atom. The summed E-state index contributed by atoms with van der Waals surface area (Å²) < 4.78 is 5.66. The van der Waals surface area contributed by atoms with Gasteiger partial charge in [0.1, 0.15) is 0 Å². The van der Waals surface area contributed by atoms with Crippen LogP contribution in [0.5, 0.6) is 0 Å². The van der Waals surface area contributed by atoms with Crippen LogP contribution in [0.4, 0.5) is 0 Å². The highest BCUT2D eigenvalue weighted by molar-refractivity contribution is 4.77. The van der Waals surface area contributed by atoms with Crippen LogP contribution in [0.15, 0.2) is 0 Å². The van der Waals surface area contributed by atoms with E-state index in [-0.39, 0.29) is 0 Å². The van der Waals surface area contributed by atoms with Crippen molar-refractivity contribution in [3.8, 4) is 0 Å². The molecule has 0 aromatic heterocycles. The summed E-state index contributed by atoms with van der Waals surface area (Å²) >= 11 is 0. The molecule has 1 saturated carbocycles. The monoisotopic (exact) mass is 225 g/mol. The van der Waals surface area contributed by atoms with Crippen LogP contribution in [0.2, 0.25) is 0 Å². The lowest BCUT2D eigenvalue weighted by Crippen LogP contribution is -2.30. The summed E-state index contributed by atoms with van der Waals surface area (Å²) in [6, 6.07) is 0.433. The molecule has 0 aromatic rings. The molecule has 2 atom stereocenters. The smallest absolute Gasteiger partial charge is 0.0576 e. The van der Waals surface area contributed by atoms with Crippen molar-refractivity contribution in [1.29, 1.82) is 0 Å². The third-order valence-electron chi connectivity index (χ3n) is 4.35. The largest absolute Gasteiger partial charge is 0.378 e. The molecule has 2 nitrogen and oxygen atoms in total. The van der Waals surface area contributed by atoms with Crippen LogP contribution in [0, 0.1) is 5.92 Å². The standard InChI is InChI=1S/C14H27NO/c15-14(10-9-13-8-5-11-16-13)12-6-3-1-2-4-7-12/h12-14H,1-11,15H2. The van der Waals surface area contributed by atoms with Crippen LogP contribution in [-0.4, -0.2) is 18.8 Å². The van der Waals surface area contributed by atoms with Gasteiger partial charge < -0.3 is 10.5 Å². The number of ether oxygens (including phenoxy) is 1. The van der Waals surface area contributed by atoms with E-state index < -0.39 is 0 Å². The first-order chi connectivity index (χ1) is 7.86. The quantitative estimate of drug-likeness (QED) is 0.745. The molecule has 2 aliphatic rings. The van der Waals surface area contributed by atoms with Gasteiger partial charge in [0.2, 0.25) is 0 Å². The lowest BCUT2D eigenvalue weighted by molar-refractivity contribution is 0.0984. The molecule has 1 saturated heterocycles. The first-order valence-corrected chi connectivity index (χ1v) is 7.23. The molecule has 2 N–H and O–H groups in total. The van der Waals surface area contributed by atoms with Gasteiger partial charge >= 0.3 is 0 Å². The molecule has 2 fully saturated rings. The minimum absolute atomic E-state index is 0.433. The van der Waals surface area contributed by atoms with Crippen molar-refractivity contribution < 1.29 is 4.74 Å². The average Bonchev–Trinajstić information content (AvgIpc) is 2.66. The molecule has 2 unspecified atom stereocenters. The predicted octanol–water partition coefficient (Wildman–Crippen LogP) is 3.24. The Morgan fingerprint density at radius 3 is 2.38 bits per heavy atom. The molecule has 94 valence electrons. The van der Waals surface area contributed by atoms with Crippen molar-refractivity contribution in [2.75, 3.05) is 6.61 Å². The van der Waals surface area contributed by atoms with E-state index in [1.165, 1.54) is 64.2 Å². The molecule has 1 heterocycles. The highest BCUT2D eigenvalue weighted by Gasteiger charge is 2.22. The molecule has 0 bridgehead atoms. The minimum Gasteiger partial charge on any atom is -0.378 e. The highest BCUT2D eigenvalue weighted by Crippen LogP contribution is 2.27. The first-order valence-electron chi connectivity index (χ1n) is 7.23. The Bertz CT molecular complexity index is 181. The second-order valence-corrected chi connectivity index (χ2v) is 5.63. The van der Waals surface area contributed by atoms with Gasteiger partial charge in [-0.1, -0.05) is 25.7 Å². The van der Waals surface area contributed by atoms with Gasteiger partial charge in [-0.3, -0.25) is 0 Å². The molecular weight excluding hydrogens is 198 g/mol. The zero-order chi connectivity index (χ0) is 11.2. The third kappa shape index (κ3) is 3.74. The van der Waals surface area contributed by atoms with E-state index in [0.29, 0.717) is 12.1 Å². The van der Waals surface area contributed by atoms with Crippen molar-refractivity contribution in [3.63, 3.8) is 0 Å². The zero-order valence-electron chi connectivity index (χ0n) is 10.5. The number of hydrogen-bond acceptors (Lipinski definition) is 2. The Kier molecular flexibility index (Phi) is 5.11. The lowest BCUT2D eigenvalue weighted by Gasteiger charge is -2.23. The van der Waals surface area contributed by atoms with Gasteiger partial charge in [0.05, 0.1) is 6.10 Å². The molecule has 1 aliphatic carbocycles. The summed E-state index contributed by atoms with van der Waals surface area (Å²) in [6.07, 6.45) is 13.8. The Labute approximate surface area is 99.9 Å². The average molecular weight is 225 g/mol. The van der Waals surface area contributed by atoms with E-state index in [0.717, 1.165) is 12.5 Å². The van der Waals surface area contributed by atoms with Crippen molar-refractivity contribution in [1.82, 2.24) is 0 Å². The Morgan fingerprint density at radius 2 is 1.75 bits per heavy atom. The number of nitrogens with two attached hydrogens (primary N) is 1. The topological polar surface area (TPSA) is 35.2 Å². The highest BCUT2D eigenvalue weighted by atomic mass is 16.5. The summed E-state index contributed by atoms with van der Waals surface area (Å²) in [5.74, 6) is 0.795. The molecule has 0 radical (unpaired) electrons. The van der Waals surface area contributed by atoms with Gasteiger partial charge in [-0.25, -0.2) is 0 Å². The SMILES string of the molecule is NC(CCC1CCCO1)C1CCCCCC1. The molecular formula is C14H27NO. The van der Waals surface area contributed by atoms with E-state index in [1.54, 1.807) is 0 Å². The fourth-order valence-corrected chi connectivity index (χ4v) is 3.23. The van der Waals surface area contributed by atoms with Crippen LogP contribution in [0.1, 0.15) is 64.2 Å². The van der Waals surface area contributed by atoms with Gasteiger partial charge in [0, 0.05) is 12.6 Å². The van der Waals surface area contributed by atoms with Gasteiger partial charge in [-0.2, -0.15) is 0 Å². The van der Waals surface area contributed by atoms with Gasteiger partial charge in [-0.15, -0.1) is 0 Å². The molecule has 2 heteroatoms. The Balaban J connectivity index is 1.66. The summed E-state index contributed by atoms with van der Waals surface area (Å²) in [5.41, 5.74) is 6.34. The summed E-state index contributed by atoms with van der Waals surface area (Å²) in [4.78, 5) is 0. The fraction of sp³-hybridized carbons (Fsp3) is 1.00. The maximum absolute atomic E-state index is 6.34. The van der Waals surface area contributed by atoms with Crippen LogP contribution in [0.25, 0.3) is 0 Å². The Hall–Kier alpha value is -0.0800. The second-order valence-electron chi connectivity index (χ2n) is 5.63. The van der Waals surface area contributed by atoms with Gasteiger partial charge in [0.15, 0.2) is 0 Å². The second kappa shape index (κ2) is 6.61. The fourth-order valence-electron chi connectivity index (χ4n) is 3.23. The van der Waals surface area contributed by atoms with Crippen molar-refractivity contribution >= 4 is 0 Å². The van der Waals surface area contributed by atoms with E-state index in [4.69, 9.17) is 10.5 Å².